The van der Waals surface area contributed by atoms with Crippen molar-refractivity contribution in [3.63, 3.8) is 0 Å². The number of benzene rings is 1. The molecule has 2 aromatic rings. The van der Waals surface area contributed by atoms with Crippen LogP contribution < -0.4 is 11.2 Å². The molecule has 90 valence electrons. The summed E-state index contributed by atoms with van der Waals surface area (Å²) in [5.74, 6) is 0. The maximum absolute atomic E-state index is 11.6. The Hall–Kier alpha value is -1.85. The van der Waals surface area contributed by atoms with E-state index in [4.69, 9.17) is 4.84 Å². The van der Waals surface area contributed by atoms with Gasteiger partial charge in [-0.25, -0.2) is 4.79 Å². The Morgan fingerprint density at radius 2 is 2.06 bits per heavy atom. The lowest BCUT2D eigenvalue weighted by Crippen LogP contribution is -2.16. The predicted octanol–water partition coefficient (Wildman–Crippen LogP) is 1.13. The van der Waals surface area contributed by atoms with Crippen LogP contribution in [0.2, 0.25) is 0 Å². The fourth-order valence-corrected chi connectivity index (χ4v) is 1.69. The maximum atomic E-state index is 11.6. The van der Waals surface area contributed by atoms with E-state index in [1.54, 1.807) is 17.9 Å². The standard InChI is InChI=1S/C12H15N3O2/c1-9-7-13-12(16)15(9)11-5-3-10(4-6-11)8-14-17-2/h3-7,14H,8H2,1-2H3,(H,13,16). The van der Waals surface area contributed by atoms with Crippen LogP contribution in [0.3, 0.4) is 0 Å². The summed E-state index contributed by atoms with van der Waals surface area (Å²) in [4.78, 5) is 19.0. The maximum Gasteiger partial charge on any atom is 0.330 e. The van der Waals surface area contributed by atoms with E-state index in [1.807, 2.05) is 31.2 Å². The van der Waals surface area contributed by atoms with Gasteiger partial charge in [-0.15, -0.1) is 0 Å². The van der Waals surface area contributed by atoms with E-state index in [0.717, 1.165) is 16.9 Å². The number of aromatic nitrogens is 2. The van der Waals surface area contributed by atoms with Crippen LogP contribution in [0, 0.1) is 6.92 Å². The van der Waals surface area contributed by atoms with Crippen LogP contribution in [0.4, 0.5) is 0 Å². The molecule has 0 aliphatic heterocycles. The second-order valence-electron chi connectivity index (χ2n) is 3.76. The molecule has 0 unspecified atom stereocenters. The Morgan fingerprint density at radius 3 is 2.59 bits per heavy atom. The third-order valence-corrected chi connectivity index (χ3v) is 2.58. The number of hydrogen-bond donors (Lipinski definition) is 2. The molecule has 5 heteroatoms. The molecule has 1 aromatic carbocycles. The molecule has 0 atom stereocenters. The number of nitrogens with zero attached hydrogens (tertiary/aromatic N) is 1. The zero-order chi connectivity index (χ0) is 12.3. The van der Waals surface area contributed by atoms with E-state index in [2.05, 4.69) is 10.5 Å². The van der Waals surface area contributed by atoms with E-state index in [0.29, 0.717) is 6.54 Å². The van der Waals surface area contributed by atoms with Crippen LogP contribution in [-0.4, -0.2) is 16.7 Å². The summed E-state index contributed by atoms with van der Waals surface area (Å²) in [7, 11) is 1.58. The van der Waals surface area contributed by atoms with Gasteiger partial charge in [0.1, 0.15) is 0 Å². The van der Waals surface area contributed by atoms with Crippen LogP contribution in [0.5, 0.6) is 0 Å². The van der Waals surface area contributed by atoms with Crippen molar-refractivity contribution in [2.24, 2.45) is 0 Å². The average Bonchev–Trinajstić information content (AvgIpc) is 2.67. The molecular weight excluding hydrogens is 218 g/mol. The molecular formula is C12H15N3O2. The van der Waals surface area contributed by atoms with Gasteiger partial charge in [0.25, 0.3) is 0 Å². The first-order valence-corrected chi connectivity index (χ1v) is 5.34. The first-order valence-electron chi connectivity index (χ1n) is 5.34. The number of nitrogens with one attached hydrogen (secondary N) is 2. The number of aryl methyl sites for hydroxylation is 1. The summed E-state index contributed by atoms with van der Waals surface area (Å²) in [5, 5.41) is 0. The number of hydrogen-bond acceptors (Lipinski definition) is 3. The first kappa shape index (κ1) is 11.6. The normalized spacial score (nSPS) is 10.7. The highest BCUT2D eigenvalue weighted by atomic mass is 16.6. The zero-order valence-electron chi connectivity index (χ0n) is 9.86. The predicted molar refractivity (Wildman–Crippen MR) is 65.0 cm³/mol. The summed E-state index contributed by atoms with van der Waals surface area (Å²) in [5.41, 5.74) is 5.48. The topological polar surface area (TPSA) is 59.0 Å². The highest BCUT2D eigenvalue weighted by Crippen LogP contribution is 2.09. The Kier molecular flexibility index (Phi) is 3.41. The third kappa shape index (κ3) is 2.46. The van der Waals surface area contributed by atoms with Gasteiger partial charge in [-0.3, -0.25) is 4.57 Å². The van der Waals surface area contributed by atoms with Gasteiger partial charge in [-0.2, -0.15) is 5.48 Å². The number of imidazole rings is 1. The van der Waals surface area contributed by atoms with E-state index >= 15 is 0 Å². The van der Waals surface area contributed by atoms with Crippen LogP contribution >= 0.6 is 0 Å². The molecule has 0 bridgehead atoms. The van der Waals surface area contributed by atoms with Crippen molar-refractivity contribution in [3.8, 4) is 5.69 Å². The molecule has 17 heavy (non-hydrogen) atoms. The molecule has 1 heterocycles. The summed E-state index contributed by atoms with van der Waals surface area (Å²) >= 11 is 0. The summed E-state index contributed by atoms with van der Waals surface area (Å²) in [6.07, 6.45) is 1.70. The third-order valence-electron chi connectivity index (χ3n) is 2.58. The van der Waals surface area contributed by atoms with Gasteiger partial charge in [0, 0.05) is 18.4 Å². The molecule has 0 aliphatic rings. The molecule has 0 spiro atoms. The number of hydroxylamine groups is 1. The Balaban J connectivity index is 2.27. The molecule has 0 aliphatic carbocycles. The van der Waals surface area contributed by atoms with Gasteiger partial charge >= 0.3 is 5.69 Å². The number of rotatable bonds is 4. The van der Waals surface area contributed by atoms with Gasteiger partial charge in [-0.05, 0) is 24.6 Å². The smallest absolute Gasteiger partial charge is 0.312 e. The quantitative estimate of drug-likeness (QED) is 0.778. The monoisotopic (exact) mass is 233 g/mol. The molecule has 5 nitrogen and oxygen atoms in total. The fourth-order valence-electron chi connectivity index (χ4n) is 1.69. The minimum atomic E-state index is -0.120. The minimum Gasteiger partial charge on any atom is -0.312 e. The van der Waals surface area contributed by atoms with E-state index in [1.165, 1.54) is 0 Å². The van der Waals surface area contributed by atoms with Crippen molar-refractivity contribution < 1.29 is 4.84 Å². The van der Waals surface area contributed by atoms with E-state index in [-0.39, 0.29) is 5.69 Å². The summed E-state index contributed by atoms with van der Waals surface area (Å²) in [6.45, 7) is 2.52. The number of H-pyrrole nitrogens is 1. The molecule has 0 radical (unpaired) electrons. The van der Waals surface area contributed by atoms with Crippen LogP contribution in [-0.2, 0) is 11.4 Å². The van der Waals surface area contributed by atoms with Gasteiger partial charge in [0.15, 0.2) is 0 Å². The molecule has 0 saturated carbocycles. The van der Waals surface area contributed by atoms with Crippen LogP contribution in [0.1, 0.15) is 11.3 Å². The average molecular weight is 233 g/mol. The first-order chi connectivity index (χ1) is 8.22. The highest BCUT2D eigenvalue weighted by molar-refractivity contribution is 5.36. The van der Waals surface area contributed by atoms with Gasteiger partial charge in [0.05, 0.1) is 12.8 Å². The van der Waals surface area contributed by atoms with E-state index < -0.39 is 0 Å². The molecule has 2 N–H and O–H groups in total. The van der Waals surface area contributed by atoms with Crippen molar-refractivity contribution in [2.45, 2.75) is 13.5 Å². The summed E-state index contributed by atoms with van der Waals surface area (Å²) in [6, 6.07) is 7.74. The lowest BCUT2D eigenvalue weighted by molar-refractivity contribution is 0.0867. The Labute approximate surface area is 99.0 Å². The molecule has 0 fully saturated rings. The SMILES string of the molecule is CONCc1ccc(-n2c(C)c[nH]c2=O)cc1. The lowest BCUT2D eigenvalue weighted by Gasteiger charge is -2.06. The largest absolute Gasteiger partial charge is 0.330 e. The van der Waals surface area contributed by atoms with Gasteiger partial charge < -0.3 is 9.82 Å². The van der Waals surface area contributed by atoms with Crippen molar-refractivity contribution in [1.82, 2.24) is 15.0 Å². The molecule has 1 aromatic heterocycles. The van der Waals surface area contributed by atoms with Crippen LogP contribution in [0.25, 0.3) is 5.69 Å². The second kappa shape index (κ2) is 4.99. The minimum absolute atomic E-state index is 0.120. The van der Waals surface area contributed by atoms with E-state index in [9.17, 15) is 4.79 Å². The number of aromatic amines is 1. The van der Waals surface area contributed by atoms with Crippen molar-refractivity contribution >= 4 is 0 Å². The van der Waals surface area contributed by atoms with Crippen LogP contribution in [0.15, 0.2) is 35.3 Å². The molecule has 0 amide bonds. The lowest BCUT2D eigenvalue weighted by atomic mass is 10.2. The fraction of sp³-hybridized carbons (Fsp3) is 0.250. The van der Waals surface area contributed by atoms with Crippen molar-refractivity contribution in [3.05, 3.63) is 52.2 Å². The highest BCUT2D eigenvalue weighted by Gasteiger charge is 2.04. The Bertz CT molecular complexity index is 540. The summed E-state index contributed by atoms with van der Waals surface area (Å²) < 4.78 is 1.63. The zero-order valence-corrected chi connectivity index (χ0v) is 9.86. The van der Waals surface area contributed by atoms with Crippen molar-refractivity contribution in [2.75, 3.05) is 7.11 Å². The molecule has 2 rings (SSSR count). The second-order valence-corrected chi connectivity index (χ2v) is 3.76. The Morgan fingerprint density at radius 1 is 1.35 bits per heavy atom. The van der Waals surface area contributed by atoms with Crippen molar-refractivity contribution in [1.29, 1.82) is 0 Å². The van der Waals surface area contributed by atoms with Gasteiger partial charge in [0.2, 0.25) is 0 Å². The van der Waals surface area contributed by atoms with Gasteiger partial charge in [-0.1, -0.05) is 12.1 Å². The molecule has 0 saturated heterocycles.